The van der Waals surface area contributed by atoms with Crippen LogP contribution >= 0.6 is 11.3 Å². The van der Waals surface area contributed by atoms with E-state index in [0.717, 1.165) is 75.0 Å². The second-order valence-electron chi connectivity index (χ2n) is 8.18. The Morgan fingerprint density at radius 2 is 1.89 bits per heavy atom. The summed E-state index contributed by atoms with van der Waals surface area (Å²) in [6.45, 7) is 2.03. The molecule has 1 saturated carbocycles. The third kappa shape index (κ3) is 4.39. The number of nitrogens with zero attached hydrogens (tertiary/aromatic N) is 1. The molecule has 0 bridgehead atoms. The fourth-order valence-corrected chi connectivity index (χ4v) is 5.58. The van der Waals surface area contributed by atoms with Gasteiger partial charge in [0.2, 0.25) is 0 Å². The molecular formula is C22H29N3O2S. The van der Waals surface area contributed by atoms with E-state index in [0.29, 0.717) is 18.3 Å². The molecule has 4 rings (SSSR count). The first-order chi connectivity index (χ1) is 13.6. The van der Waals surface area contributed by atoms with Gasteiger partial charge < -0.3 is 16.2 Å². The Morgan fingerprint density at radius 3 is 2.61 bits per heavy atom. The number of aliphatic carboxylic acids is 1. The Balaban J connectivity index is 1.45. The number of carboxylic acid groups (broad SMARTS) is 1. The van der Waals surface area contributed by atoms with Crippen molar-refractivity contribution in [2.24, 2.45) is 5.92 Å². The molecule has 2 heterocycles. The molecule has 0 atom stereocenters. The largest absolute Gasteiger partial charge is 0.481 e. The number of aromatic nitrogens is 1. The van der Waals surface area contributed by atoms with Gasteiger partial charge in [0.25, 0.3) is 0 Å². The number of nitrogen functional groups attached to an aromatic ring is 1. The lowest BCUT2D eigenvalue weighted by Crippen LogP contribution is -2.16. The van der Waals surface area contributed by atoms with Crippen LogP contribution in [0.5, 0.6) is 0 Å². The lowest BCUT2D eigenvalue weighted by molar-refractivity contribution is -0.137. The van der Waals surface area contributed by atoms with Crippen LogP contribution < -0.4 is 11.1 Å². The molecule has 0 spiro atoms. The van der Waals surface area contributed by atoms with Crippen LogP contribution in [0.4, 0.5) is 5.69 Å². The van der Waals surface area contributed by atoms with E-state index in [4.69, 9.17) is 15.8 Å². The van der Waals surface area contributed by atoms with Crippen molar-refractivity contribution >= 4 is 23.0 Å². The maximum atomic E-state index is 10.8. The molecule has 2 aliphatic rings. The minimum atomic E-state index is -0.680. The Bertz CT molecular complexity index is 840. The van der Waals surface area contributed by atoms with Crippen molar-refractivity contribution < 1.29 is 9.90 Å². The molecule has 2 aromatic rings. The number of fused-ring (bicyclic) bond motifs is 1. The predicted molar refractivity (Wildman–Crippen MR) is 114 cm³/mol. The van der Waals surface area contributed by atoms with Crippen LogP contribution in [-0.4, -0.2) is 29.1 Å². The van der Waals surface area contributed by atoms with Gasteiger partial charge in [-0.05, 0) is 87.2 Å². The van der Waals surface area contributed by atoms with Crippen LogP contribution in [0.25, 0.3) is 11.3 Å². The third-order valence-electron chi connectivity index (χ3n) is 6.27. The zero-order valence-corrected chi connectivity index (χ0v) is 17.1. The Hall–Kier alpha value is -1.92. The van der Waals surface area contributed by atoms with Crippen LogP contribution in [0.3, 0.4) is 0 Å². The monoisotopic (exact) mass is 399 g/mol. The number of carboxylic acids is 1. The lowest BCUT2D eigenvalue weighted by atomic mass is 9.80. The zero-order valence-electron chi connectivity index (χ0n) is 16.2. The highest BCUT2D eigenvalue weighted by Gasteiger charge is 2.25. The van der Waals surface area contributed by atoms with E-state index in [1.165, 1.54) is 16.1 Å². The summed E-state index contributed by atoms with van der Waals surface area (Å²) in [6, 6.07) is 4.39. The number of thiazole rings is 1. The van der Waals surface area contributed by atoms with E-state index >= 15 is 0 Å². The molecule has 1 aliphatic heterocycles. The van der Waals surface area contributed by atoms with E-state index in [9.17, 15) is 4.79 Å². The number of carbonyl (C=O) groups is 1. The second-order valence-corrected chi connectivity index (χ2v) is 9.07. The number of anilines is 1. The summed E-state index contributed by atoms with van der Waals surface area (Å²) in [5.74, 6) is 0.382. The van der Waals surface area contributed by atoms with Gasteiger partial charge >= 0.3 is 5.97 Å². The van der Waals surface area contributed by atoms with Crippen LogP contribution in [0, 0.1) is 5.92 Å². The van der Waals surface area contributed by atoms with Gasteiger partial charge in [-0.25, -0.2) is 4.98 Å². The van der Waals surface area contributed by atoms with Gasteiger partial charge in [-0.1, -0.05) is 0 Å². The Labute approximate surface area is 170 Å². The van der Waals surface area contributed by atoms with E-state index in [2.05, 4.69) is 22.8 Å². The molecule has 6 heteroatoms. The summed E-state index contributed by atoms with van der Waals surface area (Å²) in [5, 5.41) is 15.7. The second kappa shape index (κ2) is 8.62. The van der Waals surface area contributed by atoms with Crippen molar-refractivity contribution in [1.82, 2.24) is 10.3 Å². The van der Waals surface area contributed by atoms with Crippen molar-refractivity contribution in [2.75, 3.05) is 18.8 Å². The van der Waals surface area contributed by atoms with Gasteiger partial charge in [0, 0.05) is 29.0 Å². The van der Waals surface area contributed by atoms with E-state index < -0.39 is 5.97 Å². The first-order valence-corrected chi connectivity index (χ1v) is 11.3. The summed E-state index contributed by atoms with van der Waals surface area (Å²) >= 11 is 1.75. The number of nitrogens with one attached hydrogen (secondary N) is 1. The molecule has 0 amide bonds. The molecule has 4 N–H and O–H groups in total. The normalized spacial score (nSPS) is 22.4. The molecule has 5 nitrogen and oxygen atoms in total. The van der Waals surface area contributed by atoms with Crippen LogP contribution in [-0.2, 0) is 17.6 Å². The molecule has 0 unspecified atom stereocenters. The maximum absolute atomic E-state index is 10.8. The Kier molecular flexibility index (Phi) is 5.97. The molecule has 28 heavy (non-hydrogen) atoms. The van der Waals surface area contributed by atoms with Crippen molar-refractivity contribution in [2.45, 2.75) is 57.3 Å². The first kappa shape index (κ1) is 19.4. The minimum Gasteiger partial charge on any atom is -0.481 e. The van der Waals surface area contributed by atoms with Gasteiger partial charge in [-0.15, -0.1) is 11.3 Å². The van der Waals surface area contributed by atoms with Gasteiger partial charge in [0.15, 0.2) is 0 Å². The number of nitrogens with two attached hydrogens (primary N) is 1. The third-order valence-corrected chi connectivity index (χ3v) is 7.28. The van der Waals surface area contributed by atoms with Gasteiger partial charge in [-0.3, -0.25) is 4.79 Å². The summed E-state index contributed by atoms with van der Waals surface area (Å²) in [4.78, 5) is 15.7. The van der Waals surface area contributed by atoms with Gasteiger partial charge in [0.05, 0.1) is 10.7 Å². The van der Waals surface area contributed by atoms with E-state index in [1.807, 2.05) is 0 Å². The van der Waals surface area contributed by atoms with Crippen LogP contribution in [0.15, 0.2) is 17.5 Å². The number of hydrogen-bond acceptors (Lipinski definition) is 5. The standard InChI is InChI=1S/C22H29N3O2S/c23-19-12-17-8-10-24-9-7-16(17)11-18(19)20-13-28-22(25-20)15-4-1-14(2-5-15)3-6-21(26)27/h11-15,24H,1-10,23H2,(H,26,27). The van der Waals surface area contributed by atoms with Crippen molar-refractivity contribution in [3.8, 4) is 11.3 Å². The summed E-state index contributed by atoms with van der Waals surface area (Å²) in [6.07, 6.45) is 7.63. The quantitative estimate of drug-likeness (QED) is 0.655. The lowest BCUT2D eigenvalue weighted by Gasteiger charge is -2.26. The van der Waals surface area contributed by atoms with Crippen molar-refractivity contribution in [1.29, 1.82) is 0 Å². The summed E-state index contributed by atoms with van der Waals surface area (Å²) in [7, 11) is 0. The number of benzene rings is 1. The molecule has 1 aromatic heterocycles. The number of hydrogen-bond donors (Lipinski definition) is 3. The van der Waals surface area contributed by atoms with Crippen LogP contribution in [0.2, 0.25) is 0 Å². The Morgan fingerprint density at radius 1 is 1.18 bits per heavy atom. The predicted octanol–water partition coefficient (Wildman–Crippen LogP) is 4.22. The van der Waals surface area contributed by atoms with Gasteiger partial charge in [-0.2, -0.15) is 0 Å². The molecular weight excluding hydrogens is 370 g/mol. The minimum absolute atomic E-state index is 0.295. The average molecular weight is 400 g/mol. The SMILES string of the molecule is Nc1cc2c(cc1-c1csc(C3CCC(CCC(=O)O)CC3)n1)CCNCC2. The molecule has 1 aromatic carbocycles. The van der Waals surface area contributed by atoms with E-state index in [1.54, 1.807) is 11.3 Å². The average Bonchev–Trinajstić information content (AvgIpc) is 3.06. The summed E-state index contributed by atoms with van der Waals surface area (Å²) in [5.41, 5.74) is 12.0. The van der Waals surface area contributed by atoms with Crippen LogP contribution in [0.1, 0.15) is 60.6 Å². The fraction of sp³-hybridized carbons (Fsp3) is 0.545. The first-order valence-electron chi connectivity index (χ1n) is 10.4. The van der Waals surface area contributed by atoms with Crippen molar-refractivity contribution in [3.63, 3.8) is 0 Å². The van der Waals surface area contributed by atoms with Gasteiger partial charge in [0.1, 0.15) is 0 Å². The van der Waals surface area contributed by atoms with E-state index in [-0.39, 0.29) is 0 Å². The summed E-state index contributed by atoms with van der Waals surface area (Å²) < 4.78 is 0. The molecule has 0 saturated heterocycles. The van der Waals surface area contributed by atoms with Crippen molar-refractivity contribution in [3.05, 3.63) is 33.6 Å². The highest BCUT2D eigenvalue weighted by atomic mass is 32.1. The molecule has 1 fully saturated rings. The molecule has 150 valence electrons. The number of rotatable bonds is 5. The highest BCUT2D eigenvalue weighted by Crippen LogP contribution is 2.40. The molecule has 0 radical (unpaired) electrons. The zero-order chi connectivity index (χ0) is 19.5. The maximum Gasteiger partial charge on any atom is 0.303 e. The molecule has 1 aliphatic carbocycles. The highest BCUT2D eigenvalue weighted by molar-refractivity contribution is 7.10. The fourth-order valence-electron chi connectivity index (χ4n) is 4.59. The topological polar surface area (TPSA) is 88.2 Å². The smallest absolute Gasteiger partial charge is 0.303 e.